The second-order valence-electron chi connectivity index (χ2n) is 9.92. The zero-order valence-electron chi connectivity index (χ0n) is 20.7. The number of hydrogen-bond donors (Lipinski definition) is 2. The summed E-state index contributed by atoms with van der Waals surface area (Å²) in [5.74, 6) is -0.578. The maximum Gasteiger partial charge on any atom is 0.251 e. The number of benzene rings is 2. The molecule has 0 spiro atoms. The summed E-state index contributed by atoms with van der Waals surface area (Å²) >= 11 is 0. The molecule has 0 aromatic heterocycles. The number of carbonyl (C=O) groups excluding carboxylic acids is 2. The van der Waals surface area contributed by atoms with E-state index in [0.29, 0.717) is 25.1 Å². The smallest absolute Gasteiger partial charge is 0.251 e. The van der Waals surface area contributed by atoms with Crippen LogP contribution in [0, 0.1) is 0 Å². The zero-order chi connectivity index (χ0) is 25.6. The first-order valence-electron chi connectivity index (χ1n) is 11.9. The minimum absolute atomic E-state index is 0.0671. The summed E-state index contributed by atoms with van der Waals surface area (Å²) in [6.45, 7) is 10.9. The van der Waals surface area contributed by atoms with Crippen molar-refractivity contribution < 1.29 is 18.0 Å². The first-order valence-corrected chi connectivity index (χ1v) is 13.4. The van der Waals surface area contributed by atoms with Crippen LogP contribution in [0.5, 0.6) is 0 Å². The number of hydrogen-bond acceptors (Lipinski definition) is 4. The molecular weight excluding hydrogens is 462 g/mol. The molecule has 1 unspecified atom stereocenters. The van der Waals surface area contributed by atoms with Crippen molar-refractivity contribution in [2.75, 3.05) is 13.1 Å². The average Bonchev–Trinajstić information content (AvgIpc) is 3.08. The minimum atomic E-state index is -3.75. The van der Waals surface area contributed by atoms with Crippen molar-refractivity contribution in [2.24, 2.45) is 0 Å². The molecule has 0 radical (unpaired) electrons. The molecule has 3 rings (SSSR count). The van der Waals surface area contributed by atoms with Crippen LogP contribution in [0.4, 0.5) is 0 Å². The van der Waals surface area contributed by atoms with Gasteiger partial charge < -0.3 is 10.6 Å². The van der Waals surface area contributed by atoms with E-state index in [4.69, 9.17) is 0 Å². The molecule has 1 saturated heterocycles. The van der Waals surface area contributed by atoms with Crippen LogP contribution in [0.1, 0.15) is 61.5 Å². The van der Waals surface area contributed by atoms with Crippen LogP contribution < -0.4 is 10.6 Å². The largest absolute Gasteiger partial charge is 0.349 e. The second-order valence-corrected chi connectivity index (χ2v) is 11.9. The number of rotatable bonds is 7. The summed E-state index contributed by atoms with van der Waals surface area (Å²) in [6, 6.07) is 13.9. The average molecular weight is 498 g/mol. The molecule has 1 atom stereocenters. The third-order valence-electron chi connectivity index (χ3n) is 6.19. The van der Waals surface area contributed by atoms with E-state index >= 15 is 0 Å². The number of nitrogens with one attached hydrogen (secondary N) is 2. The summed E-state index contributed by atoms with van der Waals surface area (Å²) < 4.78 is 27.9. The van der Waals surface area contributed by atoms with Crippen molar-refractivity contribution in [1.82, 2.24) is 14.9 Å². The van der Waals surface area contributed by atoms with Crippen LogP contribution in [0.15, 0.2) is 66.1 Å². The molecule has 7 nitrogen and oxygen atoms in total. The maximum absolute atomic E-state index is 13.2. The highest BCUT2D eigenvalue weighted by atomic mass is 32.2. The van der Waals surface area contributed by atoms with E-state index in [1.165, 1.54) is 40.2 Å². The molecule has 0 bridgehead atoms. The molecule has 1 fully saturated rings. The van der Waals surface area contributed by atoms with Gasteiger partial charge in [-0.3, -0.25) is 9.59 Å². The molecule has 1 aliphatic heterocycles. The Kier molecular flexibility index (Phi) is 8.51. The summed E-state index contributed by atoms with van der Waals surface area (Å²) in [5, 5.41) is 5.69. The Hall–Kier alpha value is -2.97. The molecule has 0 saturated carbocycles. The van der Waals surface area contributed by atoms with Gasteiger partial charge in [0.2, 0.25) is 15.9 Å². The highest BCUT2D eigenvalue weighted by Gasteiger charge is 2.29. The van der Waals surface area contributed by atoms with Crippen molar-refractivity contribution in [1.29, 1.82) is 0 Å². The Morgan fingerprint density at radius 3 is 2.31 bits per heavy atom. The minimum Gasteiger partial charge on any atom is -0.349 e. The van der Waals surface area contributed by atoms with Gasteiger partial charge in [0, 0.05) is 31.2 Å². The molecule has 1 heterocycles. The fraction of sp³-hybridized carbons (Fsp3) is 0.407. The van der Waals surface area contributed by atoms with Crippen LogP contribution >= 0.6 is 0 Å². The van der Waals surface area contributed by atoms with Gasteiger partial charge in [-0.05, 0) is 59.7 Å². The number of carbonyl (C=O) groups is 2. The lowest BCUT2D eigenvalue weighted by molar-refractivity contribution is -0.117. The predicted octanol–water partition coefficient (Wildman–Crippen LogP) is 3.76. The first kappa shape index (κ1) is 26.6. The van der Waals surface area contributed by atoms with Crippen molar-refractivity contribution >= 4 is 21.8 Å². The van der Waals surface area contributed by atoms with Gasteiger partial charge in [0.15, 0.2) is 0 Å². The SMILES string of the molecule is C=CC(=O)NC1CCCCN(S(=O)(=O)c2ccc(C(=O)NCc3ccc(C(C)(C)C)cc3)cc2)C1. The number of nitrogens with zero attached hydrogens (tertiary/aromatic N) is 1. The molecule has 2 aromatic rings. The summed E-state index contributed by atoms with van der Waals surface area (Å²) in [5.41, 5.74) is 2.67. The van der Waals surface area contributed by atoms with Crippen molar-refractivity contribution in [3.05, 3.63) is 77.9 Å². The van der Waals surface area contributed by atoms with E-state index in [2.05, 4.69) is 50.1 Å². The Labute approximate surface area is 208 Å². The third kappa shape index (κ3) is 7.02. The van der Waals surface area contributed by atoms with E-state index in [9.17, 15) is 18.0 Å². The summed E-state index contributed by atoms with van der Waals surface area (Å²) in [4.78, 5) is 24.4. The van der Waals surface area contributed by atoms with Crippen LogP contribution in [0.2, 0.25) is 0 Å². The topological polar surface area (TPSA) is 95.6 Å². The second kappa shape index (κ2) is 11.2. The molecular formula is C27H35N3O4S. The molecule has 2 aromatic carbocycles. The molecule has 0 aliphatic carbocycles. The van der Waals surface area contributed by atoms with Gasteiger partial charge >= 0.3 is 0 Å². The van der Waals surface area contributed by atoms with Gasteiger partial charge in [0.05, 0.1) is 4.90 Å². The fourth-order valence-electron chi connectivity index (χ4n) is 4.04. The van der Waals surface area contributed by atoms with Crippen LogP contribution in [0.25, 0.3) is 0 Å². The molecule has 1 aliphatic rings. The first-order chi connectivity index (χ1) is 16.5. The number of amides is 2. The zero-order valence-corrected chi connectivity index (χ0v) is 21.5. The molecule has 8 heteroatoms. The van der Waals surface area contributed by atoms with Crippen molar-refractivity contribution in [2.45, 2.75) is 62.9 Å². The Bertz CT molecular complexity index is 1150. The van der Waals surface area contributed by atoms with Gasteiger partial charge in [0.25, 0.3) is 5.91 Å². The maximum atomic E-state index is 13.2. The Balaban J connectivity index is 1.64. The Morgan fingerprint density at radius 1 is 1.06 bits per heavy atom. The van der Waals surface area contributed by atoms with Crippen LogP contribution in [0.3, 0.4) is 0 Å². The van der Waals surface area contributed by atoms with Crippen molar-refractivity contribution in [3.63, 3.8) is 0 Å². The third-order valence-corrected chi connectivity index (χ3v) is 8.07. The van der Waals surface area contributed by atoms with Gasteiger partial charge in [-0.25, -0.2) is 8.42 Å². The molecule has 2 amide bonds. The van der Waals surface area contributed by atoms with Gasteiger partial charge in [-0.2, -0.15) is 4.31 Å². The number of sulfonamides is 1. The monoisotopic (exact) mass is 497 g/mol. The van der Waals surface area contributed by atoms with Crippen molar-refractivity contribution in [3.8, 4) is 0 Å². The summed E-state index contributed by atoms with van der Waals surface area (Å²) in [6.07, 6.45) is 3.45. The molecule has 35 heavy (non-hydrogen) atoms. The van der Waals surface area contributed by atoms with E-state index < -0.39 is 10.0 Å². The van der Waals surface area contributed by atoms with Gasteiger partial charge in [-0.1, -0.05) is 58.0 Å². The molecule has 2 N–H and O–H groups in total. The lowest BCUT2D eigenvalue weighted by atomic mass is 9.87. The van der Waals surface area contributed by atoms with E-state index in [1.807, 2.05) is 12.1 Å². The molecule has 188 valence electrons. The van der Waals surface area contributed by atoms with Crippen LogP contribution in [-0.2, 0) is 26.8 Å². The standard InChI is InChI=1S/C27H35N3O4S/c1-5-25(31)29-23-8-6-7-17-30(19-23)35(33,34)24-15-11-21(12-16-24)26(32)28-18-20-9-13-22(14-10-20)27(2,3)4/h5,9-16,23H,1,6-8,17-19H2,2-4H3,(H,28,32)(H,29,31). The fourth-order valence-corrected chi connectivity index (χ4v) is 5.56. The van der Waals surface area contributed by atoms with E-state index in [0.717, 1.165) is 18.4 Å². The van der Waals surface area contributed by atoms with E-state index in [-0.39, 0.29) is 34.7 Å². The highest BCUT2D eigenvalue weighted by molar-refractivity contribution is 7.89. The summed E-state index contributed by atoms with van der Waals surface area (Å²) in [7, 11) is -3.75. The normalized spacial score (nSPS) is 17.3. The van der Waals surface area contributed by atoms with Gasteiger partial charge in [0.1, 0.15) is 0 Å². The highest BCUT2D eigenvalue weighted by Crippen LogP contribution is 2.23. The lowest BCUT2D eigenvalue weighted by Crippen LogP contribution is -2.44. The predicted molar refractivity (Wildman–Crippen MR) is 137 cm³/mol. The van der Waals surface area contributed by atoms with E-state index in [1.54, 1.807) is 0 Å². The lowest BCUT2D eigenvalue weighted by Gasteiger charge is -2.24. The quantitative estimate of drug-likeness (QED) is 0.570. The van der Waals surface area contributed by atoms with Gasteiger partial charge in [-0.15, -0.1) is 0 Å². The Morgan fingerprint density at radius 2 is 1.71 bits per heavy atom. The van der Waals surface area contributed by atoms with Crippen LogP contribution in [-0.4, -0.2) is 43.7 Å².